The number of nitrogens with zero attached hydrogens (tertiary/aromatic N) is 2. The van der Waals surface area contributed by atoms with E-state index < -0.39 is 10.0 Å². The highest BCUT2D eigenvalue weighted by Gasteiger charge is 2.21. The fraction of sp³-hybridized carbons (Fsp3) is 0.364. The third-order valence-corrected chi connectivity index (χ3v) is 4.91. The van der Waals surface area contributed by atoms with Gasteiger partial charge < -0.3 is 10.2 Å². The van der Waals surface area contributed by atoms with Gasteiger partial charge in [-0.1, -0.05) is 0 Å². The highest BCUT2D eigenvalue weighted by molar-refractivity contribution is 9.10. The molecule has 0 saturated heterocycles. The summed E-state index contributed by atoms with van der Waals surface area (Å²) in [5.41, 5.74) is 6.44. The normalized spacial score (nSPS) is 11.9. The molecule has 2 aromatic heterocycles. The number of nitrogens with two attached hydrogens (primary N) is 1. The lowest BCUT2D eigenvalue weighted by molar-refractivity contribution is 0.483. The van der Waals surface area contributed by atoms with E-state index in [2.05, 4.69) is 25.8 Å². The van der Waals surface area contributed by atoms with Crippen LogP contribution in [0.15, 0.2) is 32.4 Å². The monoisotopic (exact) mass is 362 g/mol. The summed E-state index contributed by atoms with van der Waals surface area (Å²) in [7, 11) is -3.63. The molecule has 0 spiro atoms. The quantitative estimate of drug-likeness (QED) is 0.797. The zero-order valence-electron chi connectivity index (χ0n) is 10.8. The first-order chi connectivity index (χ1) is 9.42. The molecule has 0 bridgehead atoms. The first kappa shape index (κ1) is 15.2. The molecule has 0 saturated carbocycles. The lowest BCUT2D eigenvalue weighted by Crippen LogP contribution is -2.27. The molecule has 0 amide bonds. The van der Waals surface area contributed by atoms with E-state index in [0.717, 1.165) is 5.56 Å². The standard InChI is InChI=1S/C11H15BrN4O3S/c1-8-6-14-16(7-8)3-2-15-20(17,18)10-4-9(5-13)19-11(10)12/h4,6-7,15H,2-3,5,13H2,1H3. The molecule has 110 valence electrons. The Morgan fingerprint density at radius 2 is 2.30 bits per heavy atom. The number of sulfonamides is 1. The summed E-state index contributed by atoms with van der Waals surface area (Å²) in [6.45, 7) is 2.75. The second-order valence-electron chi connectivity index (χ2n) is 4.23. The Bertz CT molecular complexity index is 692. The highest BCUT2D eigenvalue weighted by atomic mass is 79.9. The molecule has 2 rings (SSSR count). The van der Waals surface area contributed by atoms with Gasteiger partial charge >= 0.3 is 0 Å². The molecule has 2 aromatic rings. The summed E-state index contributed by atoms with van der Waals surface area (Å²) >= 11 is 3.07. The summed E-state index contributed by atoms with van der Waals surface area (Å²) in [5.74, 6) is 0.403. The molecule has 9 heteroatoms. The number of furan rings is 1. The summed E-state index contributed by atoms with van der Waals surface area (Å²) in [5, 5.41) is 4.08. The highest BCUT2D eigenvalue weighted by Crippen LogP contribution is 2.25. The maximum Gasteiger partial charge on any atom is 0.245 e. The molecule has 0 fully saturated rings. The molecule has 3 N–H and O–H groups in total. The van der Waals surface area contributed by atoms with Crippen LogP contribution >= 0.6 is 15.9 Å². The van der Waals surface area contributed by atoms with E-state index in [1.807, 2.05) is 13.1 Å². The number of rotatable bonds is 6. The van der Waals surface area contributed by atoms with E-state index in [1.54, 1.807) is 10.9 Å². The predicted molar refractivity (Wildman–Crippen MR) is 76.5 cm³/mol. The lowest BCUT2D eigenvalue weighted by Gasteiger charge is -2.05. The molecule has 0 aliphatic heterocycles. The van der Waals surface area contributed by atoms with Crippen molar-refractivity contribution < 1.29 is 12.8 Å². The van der Waals surface area contributed by atoms with E-state index in [4.69, 9.17) is 10.2 Å². The van der Waals surface area contributed by atoms with Crippen LogP contribution in [0.3, 0.4) is 0 Å². The van der Waals surface area contributed by atoms with Gasteiger partial charge in [0.15, 0.2) is 4.67 Å². The predicted octanol–water partition coefficient (Wildman–Crippen LogP) is 0.984. The number of hydrogen-bond acceptors (Lipinski definition) is 5. The minimum atomic E-state index is -3.63. The van der Waals surface area contributed by atoms with Crippen LogP contribution in [-0.2, 0) is 23.1 Å². The Kier molecular flexibility index (Phi) is 4.63. The Hall–Kier alpha value is -1.16. The molecule has 0 atom stereocenters. The summed E-state index contributed by atoms with van der Waals surface area (Å²) in [6.07, 6.45) is 3.56. The fourth-order valence-electron chi connectivity index (χ4n) is 1.64. The first-order valence-electron chi connectivity index (χ1n) is 5.89. The van der Waals surface area contributed by atoms with Gasteiger partial charge in [-0.05, 0) is 28.4 Å². The van der Waals surface area contributed by atoms with Crippen LogP contribution in [0.25, 0.3) is 0 Å². The molecular formula is C11H15BrN4O3S. The Morgan fingerprint density at radius 3 is 2.85 bits per heavy atom. The zero-order valence-corrected chi connectivity index (χ0v) is 13.2. The van der Waals surface area contributed by atoms with Crippen molar-refractivity contribution in [3.8, 4) is 0 Å². The van der Waals surface area contributed by atoms with Gasteiger partial charge in [-0.2, -0.15) is 5.10 Å². The van der Waals surface area contributed by atoms with Gasteiger partial charge in [-0.15, -0.1) is 0 Å². The van der Waals surface area contributed by atoms with Gasteiger partial charge in [0.05, 0.1) is 19.3 Å². The van der Waals surface area contributed by atoms with Crippen molar-refractivity contribution in [3.05, 3.63) is 34.5 Å². The minimum Gasteiger partial charge on any atom is -0.452 e. The second-order valence-corrected chi connectivity index (χ2v) is 6.69. The largest absolute Gasteiger partial charge is 0.452 e. The lowest BCUT2D eigenvalue weighted by atomic mass is 10.4. The number of aryl methyl sites for hydroxylation is 1. The van der Waals surface area contributed by atoms with E-state index in [-0.39, 0.29) is 22.7 Å². The van der Waals surface area contributed by atoms with Crippen molar-refractivity contribution in [3.63, 3.8) is 0 Å². The number of hydrogen-bond donors (Lipinski definition) is 2. The number of aromatic nitrogens is 2. The van der Waals surface area contributed by atoms with Crippen LogP contribution in [0.4, 0.5) is 0 Å². The van der Waals surface area contributed by atoms with Crippen molar-refractivity contribution in [2.75, 3.05) is 6.54 Å². The molecule has 0 aliphatic rings. The van der Waals surface area contributed by atoms with Crippen LogP contribution in [0.2, 0.25) is 0 Å². The molecule has 20 heavy (non-hydrogen) atoms. The molecular weight excluding hydrogens is 348 g/mol. The molecule has 0 unspecified atom stereocenters. The first-order valence-corrected chi connectivity index (χ1v) is 8.17. The molecule has 0 radical (unpaired) electrons. The number of nitrogens with one attached hydrogen (secondary N) is 1. The minimum absolute atomic E-state index is 0.0506. The van der Waals surface area contributed by atoms with Crippen molar-refractivity contribution in [1.29, 1.82) is 0 Å². The van der Waals surface area contributed by atoms with Crippen molar-refractivity contribution >= 4 is 26.0 Å². The molecule has 0 aliphatic carbocycles. The Morgan fingerprint density at radius 1 is 1.55 bits per heavy atom. The third-order valence-electron chi connectivity index (χ3n) is 2.59. The van der Waals surface area contributed by atoms with Gasteiger partial charge in [0.1, 0.15) is 10.7 Å². The Balaban J connectivity index is 2.01. The SMILES string of the molecule is Cc1cnn(CCNS(=O)(=O)c2cc(CN)oc2Br)c1. The van der Waals surface area contributed by atoms with Gasteiger partial charge in [0.2, 0.25) is 10.0 Å². The maximum atomic E-state index is 12.1. The van der Waals surface area contributed by atoms with Crippen LogP contribution in [0.1, 0.15) is 11.3 Å². The Labute approximate surface area is 125 Å². The van der Waals surface area contributed by atoms with Gasteiger partial charge in [-0.25, -0.2) is 13.1 Å². The second kappa shape index (κ2) is 6.08. The number of halogens is 1. The van der Waals surface area contributed by atoms with E-state index in [1.165, 1.54) is 6.07 Å². The molecule has 0 aromatic carbocycles. The third kappa shape index (κ3) is 3.48. The van der Waals surface area contributed by atoms with Crippen molar-refractivity contribution in [1.82, 2.24) is 14.5 Å². The average molecular weight is 363 g/mol. The average Bonchev–Trinajstić information content (AvgIpc) is 2.95. The van der Waals surface area contributed by atoms with Gasteiger partial charge in [-0.3, -0.25) is 4.68 Å². The topological polar surface area (TPSA) is 103 Å². The van der Waals surface area contributed by atoms with Crippen molar-refractivity contribution in [2.45, 2.75) is 24.9 Å². The molecule has 2 heterocycles. The molecule has 7 nitrogen and oxygen atoms in total. The van der Waals surface area contributed by atoms with Crippen molar-refractivity contribution in [2.24, 2.45) is 5.73 Å². The summed E-state index contributed by atoms with van der Waals surface area (Å²) in [4.78, 5) is 0.0506. The summed E-state index contributed by atoms with van der Waals surface area (Å²) in [6, 6.07) is 1.41. The van der Waals surface area contributed by atoms with E-state index in [0.29, 0.717) is 12.3 Å². The van der Waals surface area contributed by atoms with Crippen LogP contribution in [-0.4, -0.2) is 24.7 Å². The van der Waals surface area contributed by atoms with Crippen LogP contribution in [0, 0.1) is 6.92 Å². The zero-order chi connectivity index (χ0) is 14.8. The maximum absolute atomic E-state index is 12.1. The van der Waals surface area contributed by atoms with E-state index >= 15 is 0 Å². The van der Waals surface area contributed by atoms with Gasteiger partial charge in [0, 0.05) is 18.8 Å². The van der Waals surface area contributed by atoms with Crippen LogP contribution in [0.5, 0.6) is 0 Å². The fourth-order valence-corrected chi connectivity index (χ4v) is 3.66. The summed E-state index contributed by atoms with van der Waals surface area (Å²) < 4.78 is 33.7. The van der Waals surface area contributed by atoms with Crippen LogP contribution < -0.4 is 10.5 Å². The smallest absolute Gasteiger partial charge is 0.245 e. The van der Waals surface area contributed by atoms with E-state index in [9.17, 15) is 8.42 Å². The van der Waals surface area contributed by atoms with Gasteiger partial charge in [0.25, 0.3) is 0 Å².